The van der Waals surface area contributed by atoms with Gasteiger partial charge >= 0.3 is 12.1 Å². The molecular formula is C20H19F3N4O3. The summed E-state index contributed by atoms with van der Waals surface area (Å²) in [5, 5.41) is 16.1. The highest BCUT2D eigenvalue weighted by Crippen LogP contribution is 2.25. The molecular weight excluding hydrogens is 401 g/mol. The van der Waals surface area contributed by atoms with Gasteiger partial charge in [-0.3, -0.25) is 4.79 Å². The lowest BCUT2D eigenvalue weighted by Gasteiger charge is -2.11. The van der Waals surface area contributed by atoms with Crippen LogP contribution in [0.4, 0.5) is 13.2 Å². The van der Waals surface area contributed by atoms with E-state index in [0.29, 0.717) is 17.1 Å². The zero-order valence-electron chi connectivity index (χ0n) is 15.7. The number of primary amides is 1. The first kappa shape index (κ1) is 21.3. The summed E-state index contributed by atoms with van der Waals surface area (Å²) < 4.78 is 33.5. The van der Waals surface area contributed by atoms with Crippen molar-refractivity contribution in [2.45, 2.75) is 25.1 Å². The highest BCUT2D eigenvalue weighted by atomic mass is 19.4. The predicted molar refractivity (Wildman–Crippen MR) is 103 cm³/mol. The van der Waals surface area contributed by atoms with Crippen LogP contribution >= 0.6 is 0 Å². The molecule has 1 aliphatic heterocycles. The third-order valence-electron chi connectivity index (χ3n) is 4.66. The molecule has 0 saturated carbocycles. The molecule has 1 amide bonds. The Labute approximate surface area is 169 Å². The number of alkyl halides is 3. The van der Waals surface area contributed by atoms with Crippen molar-refractivity contribution in [3.05, 3.63) is 59.8 Å². The fourth-order valence-corrected chi connectivity index (χ4v) is 3.21. The van der Waals surface area contributed by atoms with Crippen LogP contribution in [0.5, 0.6) is 0 Å². The minimum Gasteiger partial charge on any atom is -0.475 e. The second kappa shape index (κ2) is 8.54. The lowest BCUT2D eigenvalue weighted by molar-refractivity contribution is -0.192. The van der Waals surface area contributed by atoms with Crippen LogP contribution in [0, 0.1) is 0 Å². The monoisotopic (exact) mass is 420 g/mol. The van der Waals surface area contributed by atoms with Gasteiger partial charge < -0.3 is 16.2 Å². The summed E-state index contributed by atoms with van der Waals surface area (Å²) in [4.78, 5) is 20.4. The predicted octanol–water partition coefficient (Wildman–Crippen LogP) is 3.18. The number of carbonyl (C=O) groups excluding carboxylic acids is 1. The Morgan fingerprint density at radius 2 is 1.83 bits per heavy atom. The van der Waals surface area contributed by atoms with Crippen molar-refractivity contribution in [3.8, 4) is 5.69 Å². The number of carboxylic acid groups (broad SMARTS) is 1. The molecule has 1 saturated heterocycles. The topological polar surface area (TPSA) is 110 Å². The second-order valence-electron chi connectivity index (χ2n) is 6.72. The number of hydrogen-bond donors (Lipinski definition) is 3. The first-order valence-electron chi connectivity index (χ1n) is 9.09. The molecule has 158 valence electrons. The lowest BCUT2D eigenvalue weighted by Crippen LogP contribution is -2.21. The van der Waals surface area contributed by atoms with Gasteiger partial charge in [0.25, 0.3) is 5.91 Å². The highest BCUT2D eigenvalue weighted by molar-refractivity contribution is 6.04. The van der Waals surface area contributed by atoms with E-state index >= 15 is 0 Å². The van der Waals surface area contributed by atoms with Crippen LogP contribution in [0.3, 0.4) is 0 Å². The van der Waals surface area contributed by atoms with Gasteiger partial charge in [-0.15, -0.1) is 0 Å². The largest absolute Gasteiger partial charge is 0.490 e. The van der Waals surface area contributed by atoms with Crippen molar-refractivity contribution in [2.24, 2.45) is 5.73 Å². The van der Waals surface area contributed by atoms with E-state index in [1.165, 1.54) is 18.4 Å². The maximum Gasteiger partial charge on any atom is 0.490 e. The van der Waals surface area contributed by atoms with Gasteiger partial charge in [0.15, 0.2) is 0 Å². The number of nitrogens with one attached hydrogen (secondary N) is 1. The summed E-state index contributed by atoms with van der Waals surface area (Å²) in [5.74, 6) is -3.21. The number of halogens is 3. The molecule has 2 aromatic carbocycles. The molecule has 1 atom stereocenters. The van der Waals surface area contributed by atoms with Crippen LogP contribution in [0.1, 0.15) is 34.8 Å². The molecule has 7 nitrogen and oxygen atoms in total. The second-order valence-corrected chi connectivity index (χ2v) is 6.72. The Balaban J connectivity index is 0.000000318. The number of hydrogen-bond acceptors (Lipinski definition) is 4. The van der Waals surface area contributed by atoms with Crippen molar-refractivity contribution in [1.82, 2.24) is 15.1 Å². The van der Waals surface area contributed by atoms with Gasteiger partial charge in [0.2, 0.25) is 0 Å². The number of nitrogens with two attached hydrogens (primary N) is 1. The Morgan fingerprint density at radius 3 is 2.37 bits per heavy atom. The fraction of sp³-hybridized carbons (Fsp3) is 0.250. The van der Waals surface area contributed by atoms with Crippen molar-refractivity contribution in [1.29, 1.82) is 0 Å². The summed E-state index contributed by atoms with van der Waals surface area (Å²) in [5.41, 5.74) is 8.79. The number of benzene rings is 2. The van der Waals surface area contributed by atoms with E-state index in [4.69, 9.17) is 15.6 Å². The first-order chi connectivity index (χ1) is 14.2. The zero-order valence-corrected chi connectivity index (χ0v) is 15.7. The summed E-state index contributed by atoms with van der Waals surface area (Å²) in [7, 11) is 0. The maximum absolute atomic E-state index is 11.5. The molecule has 2 heterocycles. The molecule has 0 aliphatic carbocycles. The fourth-order valence-electron chi connectivity index (χ4n) is 3.21. The summed E-state index contributed by atoms with van der Waals surface area (Å²) in [6.45, 7) is 1.09. The molecule has 4 rings (SSSR count). The average Bonchev–Trinajstić information content (AvgIpc) is 3.37. The van der Waals surface area contributed by atoms with Crippen LogP contribution in [0.15, 0.2) is 48.7 Å². The molecule has 1 aromatic heterocycles. The molecule has 1 fully saturated rings. The maximum atomic E-state index is 11.5. The molecule has 3 aromatic rings. The Kier molecular flexibility index (Phi) is 6.06. The van der Waals surface area contributed by atoms with Crippen LogP contribution in [-0.2, 0) is 4.79 Å². The Morgan fingerprint density at radius 1 is 1.17 bits per heavy atom. The van der Waals surface area contributed by atoms with Crippen molar-refractivity contribution < 1.29 is 27.9 Å². The molecule has 1 aliphatic rings. The normalized spacial score (nSPS) is 16.2. The summed E-state index contributed by atoms with van der Waals surface area (Å²) in [6, 6.07) is 14.3. The van der Waals surface area contributed by atoms with Crippen LogP contribution in [0.2, 0.25) is 0 Å². The highest BCUT2D eigenvalue weighted by Gasteiger charge is 2.38. The minimum absolute atomic E-state index is 0.452. The van der Waals surface area contributed by atoms with E-state index < -0.39 is 18.1 Å². The molecule has 1 unspecified atom stereocenters. The van der Waals surface area contributed by atoms with Crippen LogP contribution in [0.25, 0.3) is 16.6 Å². The molecule has 0 radical (unpaired) electrons. The molecule has 30 heavy (non-hydrogen) atoms. The number of amides is 1. The molecule has 10 heteroatoms. The van der Waals surface area contributed by atoms with Crippen LogP contribution < -0.4 is 11.1 Å². The average molecular weight is 420 g/mol. The molecule has 0 spiro atoms. The smallest absolute Gasteiger partial charge is 0.475 e. The Hall–Kier alpha value is -3.40. The van der Waals surface area contributed by atoms with Crippen molar-refractivity contribution in [2.75, 3.05) is 6.54 Å². The van der Waals surface area contributed by atoms with Crippen LogP contribution in [-0.4, -0.2) is 39.5 Å². The van der Waals surface area contributed by atoms with E-state index in [9.17, 15) is 18.0 Å². The first-order valence-corrected chi connectivity index (χ1v) is 9.09. The third-order valence-corrected chi connectivity index (χ3v) is 4.66. The van der Waals surface area contributed by atoms with E-state index in [1.54, 1.807) is 10.7 Å². The van der Waals surface area contributed by atoms with Gasteiger partial charge in [-0.05, 0) is 43.1 Å². The van der Waals surface area contributed by atoms with Crippen molar-refractivity contribution in [3.63, 3.8) is 0 Å². The van der Waals surface area contributed by atoms with E-state index in [1.807, 2.05) is 18.3 Å². The van der Waals surface area contributed by atoms with Gasteiger partial charge in [0.1, 0.15) is 5.52 Å². The zero-order chi connectivity index (χ0) is 21.9. The number of nitrogens with zero attached hydrogens (tertiary/aromatic N) is 2. The number of aromatic nitrogens is 2. The number of aliphatic carboxylic acids is 1. The quantitative estimate of drug-likeness (QED) is 0.603. The van der Waals surface area contributed by atoms with E-state index in [-0.39, 0.29) is 0 Å². The van der Waals surface area contributed by atoms with Gasteiger partial charge in [-0.2, -0.15) is 18.3 Å². The Bertz CT molecular complexity index is 1060. The van der Waals surface area contributed by atoms with Gasteiger partial charge in [0.05, 0.1) is 11.3 Å². The number of carbonyl (C=O) groups is 2. The molecule has 4 N–H and O–H groups in total. The van der Waals surface area contributed by atoms with Gasteiger partial charge in [0, 0.05) is 17.6 Å². The standard InChI is InChI=1S/C18H18N4O.C2HF3O2/c19-18(23)15-4-1-3-13-11-22(21-17(13)15)14-8-6-12(7-9-14)16-5-2-10-20-16;3-2(4,5)1(6)7/h1,3-4,6-9,11,16,20H,2,5,10H2,(H2,19,23);(H,6,7). The SMILES string of the molecule is NC(=O)c1cccc2cn(-c3ccc(C4CCCN4)cc3)nc12.O=C(O)C(F)(F)F. The van der Waals surface area contributed by atoms with Crippen molar-refractivity contribution >= 4 is 22.8 Å². The van der Waals surface area contributed by atoms with Gasteiger partial charge in [-0.1, -0.05) is 24.3 Å². The molecule has 0 bridgehead atoms. The van der Waals surface area contributed by atoms with E-state index in [0.717, 1.165) is 17.6 Å². The number of carboxylic acids is 1. The number of fused-ring (bicyclic) bond motifs is 1. The van der Waals surface area contributed by atoms with Gasteiger partial charge in [-0.25, -0.2) is 9.48 Å². The summed E-state index contributed by atoms with van der Waals surface area (Å²) >= 11 is 0. The minimum atomic E-state index is -5.08. The number of rotatable bonds is 3. The van der Waals surface area contributed by atoms with E-state index in [2.05, 4.69) is 34.7 Å². The summed E-state index contributed by atoms with van der Waals surface area (Å²) in [6.07, 6.45) is -0.746. The third kappa shape index (κ3) is 4.77. The lowest BCUT2D eigenvalue weighted by atomic mass is 10.1.